The molecule has 2 aliphatic carbocycles. The van der Waals surface area contributed by atoms with Gasteiger partial charge in [-0.15, -0.1) is 13.2 Å². The van der Waals surface area contributed by atoms with E-state index in [4.69, 9.17) is 0 Å². The maximum atomic E-state index is 13.8. The zero-order chi connectivity index (χ0) is 31.5. The second-order valence-electron chi connectivity index (χ2n) is 12.0. The monoisotopic (exact) mass is 612 g/mol. The Morgan fingerprint density at radius 2 is 1.90 bits per heavy atom. The van der Waals surface area contributed by atoms with Gasteiger partial charge < -0.3 is 20.6 Å². The molecule has 0 aromatic rings. The first-order chi connectivity index (χ1) is 19.7. The summed E-state index contributed by atoms with van der Waals surface area (Å²) in [5.41, 5.74) is -3.51. The number of nitrogens with one attached hydrogen (secondary N) is 3. The number of rotatable bonds is 17. The lowest BCUT2D eigenvalue weighted by Gasteiger charge is -2.45. The van der Waals surface area contributed by atoms with Crippen LogP contribution in [0.5, 0.6) is 0 Å². The Hall–Kier alpha value is -2.81. The van der Waals surface area contributed by atoms with Crippen LogP contribution in [0, 0.1) is 17.8 Å². The van der Waals surface area contributed by atoms with Crippen molar-refractivity contribution in [3.63, 3.8) is 0 Å². The minimum atomic E-state index is -4.23. The normalized spacial score (nSPS) is 29.3. The van der Waals surface area contributed by atoms with Crippen LogP contribution in [-0.4, -0.2) is 94.1 Å². The summed E-state index contributed by atoms with van der Waals surface area (Å²) < 4.78 is 26.2. The zero-order valence-electron chi connectivity index (χ0n) is 24.3. The van der Waals surface area contributed by atoms with Crippen LogP contribution in [-0.2, 0) is 24.4 Å². The lowest BCUT2D eigenvalue weighted by Crippen LogP contribution is -2.69. The quantitative estimate of drug-likeness (QED) is 0.0999. The summed E-state index contributed by atoms with van der Waals surface area (Å²) in [6.07, 6.45) is 3.74. The molecule has 14 heteroatoms. The Morgan fingerprint density at radius 3 is 2.38 bits per heavy atom. The second kappa shape index (κ2) is 12.8. The summed E-state index contributed by atoms with van der Waals surface area (Å²) in [7, 11) is -4.23. The number of sulfonamides is 1. The molecule has 3 amide bonds. The average molecular weight is 613 g/mol. The minimum Gasteiger partial charge on any atom is -0.465 e. The molecule has 0 aromatic heterocycles. The van der Waals surface area contributed by atoms with E-state index in [-0.39, 0.29) is 38.1 Å². The first kappa shape index (κ1) is 33.7. The van der Waals surface area contributed by atoms with E-state index in [0.717, 1.165) is 12.8 Å². The van der Waals surface area contributed by atoms with Gasteiger partial charge in [0.1, 0.15) is 10.3 Å². The Kier molecular flexibility index (Phi) is 10.3. The predicted molar refractivity (Wildman–Crippen MR) is 153 cm³/mol. The van der Waals surface area contributed by atoms with Crippen molar-refractivity contribution in [3.8, 4) is 0 Å². The molecule has 0 aromatic carbocycles. The van der Waals surface area contributed by atoms with E-state index >= 15 is 0 Å². The van der Waals surface area contributed by atoms with Gasteiger partial charge in [-0.1, -0.05) is 26.0 Å². The molecule has 0 bridgehead atoms. The molecule has 1 unspecified atom stereocenters. The first-order valence-corrected chi connectivity index (χ1v) is 15.8. The van der Waals surface area contributed by atoms with E-state index in [1.54, 1.807) is 6.08 Å². The van der Waals surface area contributed by atoms with E-state index in [0.29, 0.717) is 19.1 Å². The maximum Gasteiger partial charge on any atom is 0.406 e. The van der Waals surface area contributed by atoms with Crippen molar-refractivity contribution >= 4 is 34.2 Å². The highest BCUT2D eigenvalue weighted by atomic mass is 32.2. The third-order valence-corrected chi connectivity index (χ3v) is 11.3. The van der Waals surface area contributed by atoms with Crippen LogP contribution in [0.3, 0.4) is 0 Å². The third kappa shape index (κ3) is 6.41. The van der Waals surface area contributed by atoms with Crippen LogP contribution in [0.15, 0.2) is 25.3 Å². The van der Waals surface area contributed by atoms with Crippen LogP contribution < -0.4 is 15.4 Å². The van der Waals surface area contributed by atoms with E-state index in [2.05, 4.69) is 23.8 Å². The summed E-state index contributed by atoms with van der Waals surface area (Å²) >= 11 is 0. The predicted octanol–water partition coefficient (Wildman–Crippen LogP) is 0.635. The van der Waals surface area contributed by atoms with Gasteiger partial charge in [0.25, 0.3) is 5.91 Å². The molecule has 2 saturated carbocycles. The van der Waals surface area contributed by atoms with E-state index in [9.17, 15) is 42.9 Å². The van der Waals surface area contributed by atoms with Crippen molar-refractivity contribution in [3.05, 3.63) is 25.3 Å². The highest BCUT2D eigenvalue weighted by Crippen LogP contribution is 2.47. The number of aliphatic hydroxyl groups excluding tert-OH is 2. The number of hydrogen-bond acceptors (Lipinski definition) is 9. The van der Waals surface area contributed by atoms with Crippen LogP contribution >= 0.6 is 0 Å². The summed E-state index contributed by atoms with van der Waals surface area (Å²) in [4.78, 5) is 53.3. The maximum absolute atomic E-state index is 13.8. The Bertz CT molecular complexity index is 1190. The second-order valence-corrected chi connectivity index (χ2v) is 14.1. The summed E-state index contributed by atoms with van der Waals surface area (Å²) in [6, 6.07) is -1.21. The smallest absolute Gasteiger partial charge is 0.406 e. The van der Waals surface area contributed by atoms with E-state index < -0.39 is 74.5 Å². The topological polar surface area (TPSA) is 202 Å². The van der Waals surface area contributed by atoms with Crippen molar-refractivity contribution in [1.29, 1.82) is 0 Å². The van der Waals surface area contributed by atoms with Crippen molar-refractivity contribution in [2.45, 2.75) is 93.3 Å². The highest BCUT2D eigenvalue weighted by molar-refractivity contribution is 7.91. The lowest BCUT2D eigenvalue weighted by atomic mass is 9.80. The van der Waals surface area contributed by atoms with Crippen molar-refractivity contribution in [1.82, 2.24) is 20.3 Å². The van der Waals surface area contributed by atoms with Crippen LogP contribution in [0.1, 0.15) is 65.2 Å². The molecule has 1 saturated heterocycles. The van der Waals surface area contributed by atoms with E-state index in [1.807, 2.05) is 18.6 Å². The fourth-order valence-corrected chi connectivity index (χ4v) is 7.67. The Balaban J connectivity index is 1.91. The van der Waals surface area contributed by atoms with Gasteiger partial charge in [0, 0.05) is 18.4 Å². The van der Waals surface area contributed by atoms with Crippen LogP contribution in [0.2, 0.25) is 0 Å². The van der Waals surface area contributed by atoms with Gasteiger partial charge in [-0.05, 0) is 57.3 Å². The first-order valence-electron chi connectivity index (χ1n) is 14.4. The zero-order valence-corrected chi connectivity index (χ0v) is 25.1. The summed E-state index contributed by atoms with van der Waals surface area (Å²) in [6.45, 7) is 10.4. The molecule has 1 aliphatic heterocycles. The minimum absolute atomic E-state index is 0.0651. The SMILES string of the molecule is C=CCCC(C)C[C@@H](CC)[C@](C=O)(NC(=O)O)N1C[C@H](O)C[C@H]1C(=O)N[C@]1(C(=O)NS(=O)(=O)C2(CO)CC2)C[C@H]1C=C. The van der Waals surface area contributed by atoms with Crippen molar-refractivity contribution in [2.24, 2.45) is 17.8 Å². The molecule has 236 valence electrons. The van der Waals surface area contributed by atoms with Gasteiger partial charge in [-0.2, -0.15) is 0 Å². The number of carbonyl (C=O) groups is 4. The number of likely N-dealkylation sites (tertiary alicyclic amines) is 1. The molecule has 7 atom stereocenters. The number of amides is 3. The molecule has 0 spiro atoms. The lowest BCUT2D eigenvalue weighted by molar-refractivity contribution is -0.138. The molecule has 3 rings (SSSR count). The van der Waals surface area contributed by atoms with Gasteiger partial charge >= 0.3 is 6.09 Å². The average Bonchev–Trinajstić information content (AvgIpc) is 3.84. The third-order valence-electron chi connectivity index (χ3n) is 9.15. The van der Waals surface area contributed by atoms with Crippen LogP contribution in [0.25, 0.3) is 0 Å². The molecule has 3 aliphatic rings. The number of aldehydes is 1. The van der Waals surface area contributed by atoms with E-state index in [1.165, 1.54) is 11.0 Å². The molecule has 1 heterocycles. The molecule has 13 nitrogen and oxygen atoms in total. The van der Waals surface area contributed by atoms with Crippen LogP contribution in [0.4, 0.5) is 4.79 Å². The van der Waals surface area contributed by atoms with Crippen molar-refractivity contribution in [2.75, 3.05) is 13.2 Å². The molecule has 6 N–H and O–H groups in total. The molecule has 0 radical (unpaired) electrons. The Morgan fingerprint density at radius 1 is 1.24 bits per heavy atom. The number of carbonyl (C=O) groups excluding carboxylic acids is 3. The van der Waals surface area contributed by atoms with Gasteiger partial charge in [0.05, 0.1) is 18.8 Å². The Labute approximate surface area is 246 Å². The molecule has 42 heavy (non-hydrogen) atoms. The number of nitrogens with zero attached hydrogens (tertiary/aromatic N) is 1. The fourth-order valence-electron chi connectivity index (χ4n) is 6.22. The highest BCUT2D eigenvalue weighted by Gasteiger charge is 2.64. The van der Waals surface area contributed by atoms with Gasteiger partial charge in [0.2, 0.25) is 15.9 Å². The number of β-amino-alcohol motifs (C(OH)–C–C–N with tert-alkyl or cyclic N) is 1. The fraction of sp³-hybridized carbons (Fsp3) is 0.714. The number of allylic oxidation sites excluding steroid dienone is 1. The number of carboxylic acid groups (broad SMARTS) is 1. The molecule has 3 fully saturated rings. The number of aliphatic hydroxyl groups is 2. The molecular formula is C28H44N4O9S. The molecular weight excluding hydrogens is 568 g/mol. The van der Waals surface area contributed by atoms with Crippen molar-refractivity contribution < 1.29 is 42.9 Å². The largest absolute Gasteiger partial charge is 0.465 e. The summed E-state index contributed by atoms with van der Waals surface area (Å²) in [5.74, 6) is -2.81. The van der Waals surface area contributed by atoms with Gasteiger partial charge in [-0.3, -0.25) is 29.3 Å². The van der Waals surface area contributed by atoms with Gasteiger partial charge in [0.15, 0.2) is 11.9 Å². The number of hydrogen-bond donors (Lipinski definition) is 6. The standard InChI is InChI=1S/C28H44N4O9S/c1-5-8-9-18(4)12-19(6-2)28(17-34,30-25(38)39)32-15-21(35)13-22(32)23(36)29-27(14-20(27)7-3)24(37)31-42(40,41)26(16-33)10-11-26/h5,7,17-22,30,33,35H,1,3,6,8-16H2,2,4H3,(H,29,36)(H,31,37)(H,38,39)/t18?,19-,20-,21-,22+,27-,28-/m1/s1. The van der Waals surface area contributed by atoms with Gasteiger partial charge in [-0.25, -0.2) is 13.2 Å². The summed E-state index contributed by atoms with van der Waals surface area (Å²) in [5, 5.41) is 35.0.